The highest BCUT2D eigenvalue weighted by Gasteiger charge is 2.00. The number of hydrogen-bond acceptors (Lipinski definition) is 3. The molecule has 25 heavy (non-hydrogen) atoms. The minimum absolute atomic E-state index is 0.105. The molecule has 150 valence electrons. The topological polar surface area (TPSA) is 26.3 Å². The first-order chi connectivity index (χ1) is 12.3. The molecule has 3 heteroatoms. The van der Waals surface area contributed by atoms with Gasteiger partial charge in [-0.25, -0.2) is 0 Å². The molecule has 0 aromatic heterocycles. The molecule has 0 spiro atoms. The molecule has 0 unspecified atom stereocenters. The van der Waals surface area contributed by atoms with Crippen molar-refractivity contribution in [3.05, 3.63) is 0 Å². The van der Waals surface area contributed by atoms with Crippen molar-refractivity contribution in [2.75, 3.05) is 12.4 Å². The van der Waals surface area contributed by atoms with E-state index in [1.807, 2.05) is 0 Å². The van der Waals surface area contributed by atoms with E-state index in [1.165, 1.54) is 103 Å². The summed E-state index contributed by atoms with van der Waals surface area (Å²) in [7, 11) is 0. The van der Waals surface area contributed by atoms with Crippen LogP contribution in [0.25, 0.3) is 0 Å². The van der Waals surface area contributed by atoms with Crippen LogP contribution in [0.15, 0.2) is 0 Å². The summed E-state index contributed by atoms with van der Waals surface area (Å²) in [6, 6.07) is 0. The van der Waals surface area contributed by atoms with E-state index in [0.29, 0.717) is 18.8 Å². The van der Waals surface area contributed by atoms with Crippen LogP contribution >= 0.6 is 12.6 Å². The molecule has 0 aliphatic heterocycles. The van der Waals surface area contributed by atoms with Crippen LogP contribution in [0, 0.1) is 0 Å². The van der Waals surface area contributed by atoms with Gasteiger partial charge in [-0.2, -0.15) is 12.6 Å². The van der Waals surface area contributed by atoms with Crippen molar-refractivity contribution in [2.45, 2.75) is 122 Å². The quantitative estimate of drug-likeness (QED) is 0.136. The minimum Gasteiger partial charge on any atom is -0.466 e. The second-order valence-electron chi connectivity index (χ2n) is 7.35. The lowest BCUT2D eigenvalue weighted by atomic mass is 10.0. The van der Waals surface area contributed by atoms with Gasteiger partial charge in [0.05, 0.1) is 13.0 Å². The van der Waals surface area contributed by atoms with E-state index in [2.05, 4.69) is 19.6 Å². The molecule has 0 amide bonds. The Bertz CT molecular complexity index is 269. The molecule has 0 heterocycles. The molecule has 0 rings (SSSR count). The van der Waals surface area contributed by atoms with Crippen LogP contribution in [0.5, 0.6) is 0 Å². The second kappa shape index (κ2) is 21.9. The van der Waals surface area contributed by atoms with Gasteiger partial charge in [0.25, 0.3) is 0 Å². The van der Waals surface area contributed by atoms with E-state index in [0.717, 1.165) is 6.42 Å². The molecule has 0 aromatic carbocycles. The Labute approximate surface area is 163 Å². The molecule has 0 fully saturated rings. The van der Waals surface area contributed by atoms with Crippen molar-refractivity contribution in [3.8, 4) is 0 Å². The third-order valence-electron chi connectivity index (χ3n) is 4.83. The summed E-state index contributed by atoms with van der Waals surface area (Å²) in [6.45, 7) is 2.87. The Kier molecular flexibility index (Phi) is 21.7. The van der Waals surface area contributed by atoms with Crippen LogP contribution in [0.2, 0.25) is 0 Å². The molecule has 0 radical (unpaired) electrons. The number of rotatable bonds is 20. The lowest BCUT2D eigenvalue weighted by Crippen LogP contribution is -2.06. The minimum atomic E-state index is -0.105. The highest BCUT2D eigenvalue weighted by Crippen LogP contribution is 2.14. The predicted octanol–water partition coefficient (Wildman–Crippen LogP) is 7.50. The van der Waals surface area contributed by atoms with Crippen LogP contribution in [0.4, 0.5) is 0 Å². The Morgan fingerprint density at radius 1 is 0.640 bits per heavy atom. The maximum Gasteiger partial charge on any atom is 0.306 e. The molecule has 0 aliphatic carbocycles. The van der Waals surface area contributed by atoms with Crippen LogP contribution in [-0.4, -0.2) is 18.3 Å². The molecule has 0 bridgehead atoms. The van der Waals surface area contributed by atoms with Crippen molar-refractivity contribution < 1.29 is 9.53 Å². The Morgan fingerprint density at radius 3 is 1.36 bits per heavy atom. The van der Waals surface area contributed by atoms with Gasteiger partial charge in [-0.15, -0.1) is 0 Å². The van der Waals surface area contributed by atoms with Crippen molar-refractivity contribution in [1.82, 2.24) is 0 Å². The zero-order chi connectivity index (χ0) is 18.4. The number of carbonyl (C=O) groups excluding carboxylic acids is 1. The molecule has 0 aliphatic rings. The van der Waals surface area contributed by atoms with E-state index in [9.17, 15) is 4.79 Å². The normalized spacial score (nSPS) is 11.0. The van der Waals surface area contributed by atoms with Crippen LogP contribution in [0.1, 0.15) is 122 Å². The third kappa shape index (κ3) is 21.8. The Morgan fingerprint density at radius 2 is 1.00 bits per heavy atom. The van der Waals surface area contributed by atoms with Gasteiger partial charge < -0.3 is 4.74 Å². The summed E-state index contributed by atoms with van der Waals surface area (Å²) < 4.78 is 5.12. The van der Waals surface area contributed by atoms with Gasteiger partial charge in [0.1, 0.15) is 0 Å². The first-order valence-corrected chi connectivity index (χ1v) is 11.7. The number of unbranched alkanes of at least 4 members (excludes halogenated alkanes) is 16. The maximum atomic E-state index is 11.1. The number of hydrogen-bond donors (Lipinski definition) is 1. The summed E-state index contributed by atoms with van der Waals surface area (Å²) in [5.41, 5.74) is 0. The van der Waals surface area contributed by atoms with E-state index >= 15 is 0 Å². The summed E-state index contributed by atoms with van der Waals surface area (Å²) in [6.07, 6.45) is 23.8. The number of carbonyl (C=O) groups is 1. The molecule has 0 aromatic rings. The van der Waals surface area contributed by atoms with E-state index < -0.39 is 0 Å². The average molecular weight is 373 g/mol. The second-order valence-corrected chi connectivity index (χ2v) is 7.80. The highest BCUT2D eigenvalue weighted by molar-refractivity contribution is 7.80. The summed E-state index contributed by atoms with van der Waals surface area (Å²) >= 11 is 4.02. The van der Waals surface area contributed by atoms with E-state index in [4.69, 9.17) is 4.74 Å². The lowest BCUT2D eigenvalue weighted by molar-refractivity contribution is -0.143. The number of esters is 1. The third-order valence-corrected chi connectivity index (χ3v) is 5.05. The standard InChI is InChI=1S/C22H44O2S/c1-2-3-4-5-6-7-8-9-10-11-12-13-14-15-16-17-18-20-24-22(23)19-21-25/h25H,2-21H2,1H3. The zero-order valence-corrected chi connectivity index (χ0v) is 17.8. The summed E-state index contributed by atoms with van der Waals surface area (Å²) in [5, 5.41) is 0. The molecular formula is C22H44O2S. The summed E-state index contributed by atoms with van der Waals surface area (Å²) in [4.78, 5) is 11.1. The van der Waals surface area contributed by atoms with Crippen molar-refractivity contribution in [2.24, 2.45) is 0 Å². The largest absolute Gasteiger partial charge is 0.466 e. The van der Waals surface area contributed by atoms with E-state index in [1.54, 1.807) is 0 Å². The Hall–Kier alpha value is -0.180. The molecular weight excluding hydrogens is 328 g/mol. The number of thiol groups is 1. The molecule has 0 N–H and O–H groups in total. The molecule has 2 nitrogen and oxygen atoms in total. The van der Waals surface area contributed by atoms with Gasteiger partial charge in [-0.05, 0) is 6.42 Å². The maximum absolute atomic E-state index is 11.1. The van der Waals surface area contributed by atoms with Crippen LogP contribution in [0.3, 0.4) is 0 Å². The van der Waals surface area contributed by atoms with Gasteiger partial charge in [0, 0.05) is 5.75 Å². The number of ether oxygens (including phenoxy) is 1. The smallest absolute Gasteiger partial charge is 0.306 e. The summed E-state index contributed by atoms with van der Waals surface area (Å²) in [5.74, 6) is 0.476. The average Bonchev–Trinajstić information content (AvgIpc) is 2.61. The van der Waals surface area contributed by atoms with E-state index in [-0.39, 0.29) is 5.97 Å². The van der Waals surface area contributed by atoms with Gasteiger partial charge in [-0.3, -0.25) is 4.79 Å². The van der Waals surface area contributed by atoms with Gasteiger partial charge in [0.2, 0.25) is 0 Å². The first-order valence-electron chi connectivity index (χ1n) is 11.1. The molecule has 0 saturated heterocycles. The fourth-order valence-corrected chi connectivity index (χ4v) is 3.36. The fraction of sp³-hybridized carbons (Fsp3) is 0.955. The Balaban J connectivity index is 3.02. The van der Waals surface area contributed by atoms with Gasteiger partial charge in [-0.1, -0.05) is 110 Å². The molecule has 0 atom stereocenters. The van der Waals surface area contributed by atoms with Crippen LogP contribution < -0.4 is 0 Å². The van der Waals surface area contributed by atoms with Crippen molar-refractivity contribution >= 4 is 18.6 Å². The fourth-order valence-electron chi connectivity index (χ4n) is 3.18. The first kappa shape index (κ1) is 24.8. The van der Waals surface area contributed by atoms with Crippen molar-refractivity contribution in [1.29, 1.82) is 0 Å². The van der Waals surface area contributed by atoms with Gasteiger partial charge >= 0.3 is 5.97 Å². The highest BCUT2D eigenvalue weighted by atomic mass is 32.1. The molecule has 0 saturated carbocycles. The predicted molar refractivity (Wildman–Crippen MR) is 114 cm³/mol. The van der Waals surface area contributed by atoms with Gasteiger partial charge in [0.15, 0.2) is 0 Å². The monoisotopic (exact) mass is 372 g/mol. The lowest BCUT2D eigenvalue weighted by Gasteiger charge is -2.04. The zero-order valence-electron chi connectivity index (χ0n) is 16.9. The van der Waals surface area contributed by atoms with Crippen LogP contribution in [-0.2, 0) is 9.53 Å². The van der Waals surface area contributed by atoms with Crippen molar-refractivity contribution in [3.63, 3.8) is 0 Å². The SMILES string of the molecule is CCCCCCCCCCCCCCCCCCCOC(=O)CCS.